The van der Waals surface area contributed by atoms with E-state index in [0.29, 0.717) is 11.5 Å². The largest absolute Gasteiger partial charge is 0.265 e. The molecular formula is C15H15B2N. The Morgan fingerprint density at radius 1 is 1.06 bits per heavy atom. The van der Waals surface area contributed by atoms with E-state index in [1.807, 2.05) is 37.3 Å². The van der Waals surface area contributed by atoms with Gasteiger partial charge in [0.15, 0.2) is 0 Å². The first kappa shape index (κ1) is 12.9. The van der Waals surface area contributed by atoms with Crippen LogP contribution in [0.3, 0.4) is 0 Å². The molecular weight excluding hydrogens is 216 g/mol. The van der Waals surface area contributed by atoms with Crippen LogP contribution in [0, 0.1) is 6.92 Å². The predicted molar refractivity (Wildman–Crippen MR) is 79.3 cm³/mol. The van der Waals surface area contributed by atoms with Gasteiger partial charge in [-0.25, -0.2) is 0 Å². The van der Waals surface area contributed by atoms with Crippen molar-refractivity contribution >= 4 is 26.7 Å². The Morgan fingerprint density at radius 2 is 1.67 bits per heavy atom. The minimum atomic E-state index is 0.324. The average molecular weight is 231 g/mol. The molecule has 0 aliphatic carbocycles. The van der Waals surface area contributed by atoms with E-state index in [4.69, 9.17) is 15.7 Å². The summed E-state index contributed by atoms with van der Waals surface area (Å²) in [6.07, 6.45) is 0. The summed E-state index contributed by atoms with van der Waals surface area (Å²) in [6.45, 7) is 6.21. The maximum atomic E-state index is 6.20. The summed E-state index contributed by atoms with van der Waals surface area (Å²) in [7, 11) is 12.3. The fraction of sp³-hybridized carbons (Fsp3) is 0.267. The van der Waals surface area contributed by atoms with Crippen LogP contribution in [0.2, 0.25) is 0 Å². The fourth-order valence-electron chi connectivity index (χ4n) is 2.30. The van der Waals surface area contributed by atoms with Crippen molar-refractivity contribution < 1.29 is 0 Å². The molecule has 0 spiro atoms. The molecule has 0 bridgehead atoms. The summed E-state index contributed by atoms with van der Waals surface area (Å²) >= 11 is 0. The molecule has 3 heteroatoms. The molecule has 1 nitrogen and oxygen atoms in total. The SMILES string of the molecule is [B]c1nc(-c2ccccc2)c([B])c(C)c1C(C)C. The first-order chi connectivity index (χ1) is 8.52. The van der Waals surface area contributed by atoms with Gasteiger partial charge in [0.05, 0.1) is 5.69 Å². The number of hydrogen-bond donors (Lipinski definition) is 0. The fourth-order valence-corrected chi connectivity index (χ4v) is 2.30. The lowest BCUT2D eigenvalue weighted by Crippen LogP contribution is -2.27. The van der Waals surface area contributed by atoms with E-state index in [1.165, 1.54) is 0 Å². The lowest BCUT2D eigenvalue weighted by atomic mass is 9.78. The smallest absolute Gasteiger partial charge is 0.142 e. The molecule has 0 saturated heterocycles. The van der Waals surface area contributed by atoms with E-state index in [2.05, 4.69) is 18.8 Å². The van der Waals surface area contributed by atoms with Crippen molar-refractivity contribution in [3.05, 3.63) is 41.5 Å². The maximum absolute atomic E-state index is 6.20. The van der Waals surface area contributed by atoms with Gasteiger partial charge in [-0.2, -0.15) is 0 Å². The molecule has 1 aromatic carbocycles. The average Bonchev–Trinajstić information content (AvgIpc) is 2.34. The highest BCUT2D eigenvalue weighted by molar-refractivity contribution is 6.39. The standard InChI is InChI=1S/C15H15B2N/c1-9(2)12-10(3)13(16)14(18-15(12)17)11-7-5-4-6-8-11/h4-9H,1-3H3. The summed E-state index contributed by atoms with van der Waals surface area (Å²) in [5.74, 6) is 0.324. The summed E-state index contributed by atoms with van der Waals surface area (Å²) in [5, 5.41) is 0. The number of hydrogen-bond acceptors (Lipinski definition) is 1. The van der Waals surface area contributed by atoms with Crippen LogP contribution in [0.25, 0.3) is 11.3 Å². The second-order valence-corrected chi connectivity index (χ2v) is 4.82. The molecule has 0 aliphatic heterocycles. The minimum absolute atomic E-state index is 0.324. The van der Waals surface area contributed by atoms with Gasteiger partial charge >= 0.3 is 0 Å². The molecule has 0 N–H and O–H groups in total. The Morgan fingerprint density at radius 3 is 2.22 bits per heavy atom. The molecule has 0 atom stereocenters. The zero-order valence-corrected chi connectivity index (χ0v) is 11.1. The third-order valence-corrected chi connectivity index (χ3v) is 3.20. The Hall–Kier alpha value is -1.50. The molecule has 0 saturated carbocycles. The summed E-state index contributed by atoms with van der Waals surface area (Å²) in [6, 6.07) is 9.90. The van der Waals surface area contributed by atoms with Crippen molar-refractivity contribution in [2.24, 2.45) is 0 Å². The number of rotatable bonds is 2. The Labute approximate surface area is 111 Å². The van der Waals surface area contributed by atoms with Crippen molar-refractivity contribution in [1.82, 2.24) is 4.98 Å². The van der Waals surface area contributed by atoms with E-state index in [0.717, 1.165) is 27.8 Å². The van der Waals surface area contributed by atoms with Gasteiger partial charge in [0.25, 0.3) is 0 Å². The predicted octanol–water partition coefficient (Wildman–Crippen LogP) is 1.77. The van der Waals surface area contributed by atoms with E-state index < -0.39 is 0 Å². The Kier molecular flexibility index (Phi) is 3.60. The highest BCUT2D eigenvalue weighted by Crippen LogP contribution is 2.19. The van der Waals surface area contributed by atoms with Gasteiger partial charge in [0.2, 0.25) is 0 Å². The van der Waals surface area contributed by atoms with E-state index in [-0.39, 0.29) is 0 Å². The van der Waals surface area contributed by atoms with Gasteiger partial charge in [0.1, 0.15) is 15.7 Å². The van der Waals surface area contributed by atoms with Crippen molar-refractivity contribution in [2.75, 3.05) is 0 Å². The van der Waals surface area contributed by atoms with Gasteiger partial charge in [-0.15, -0.1) is 0 Å². The highest BCUT2D eigenvalue weighted by Gasteiger charge is 2.14. The lowest BCUT2D eigenvalue weighted by Gasteiger charge is -2.19. The second-order valence-electron chi connectivity index (χ2n) is 4.82. The Balaban J connectivity index is 2.66. The normalized spacial score (nSPS) is 10.9. The molecule has 1 aromatic heterocycles. The third kappa shape index (κ3) is 2.22. The van der Waals surface area contributed by atoms with Crippen LogP contribution in [-0.4, -0.2) is 20.7 Å². The quantitative estimate of drug-likeness (QED) is 0.717. The Bertz CT molecular complexity index is 562. The van der Waals surface area contributed by atoms with Gasteiger partial charge in [-0.1, -0.05) is 55.2 Å². The van der Waals surface area contributed by atoms with Crippen LogP contribution in [-0.2, 0) is 0 Å². The molecule has 18 heavy (non-hydrogen) atoms. The third-order valence-electron chi connectivity index (χ3n) is 3.20. The van der Waals surface area contributed by atoms with Gasteiger partial charge in [0, 0.05) is 0 Å². The topological polar surface area (TPSA) is 12.9 Å². The molecule has 0 aliphatic rings. The summed E-state index contributed by atoms with van der Waals surface area (Å²) in [4.78, 5) is 4.48. The minimum Gasteiger partial charge on any atom is -0.265 e. The van der Waals surface area contributed by atoms with E-state index in [1.54, 1.807) is 0 Å². The molecule has 2 rings (SSSR count). The monoisotopic (exact) mass is 231 g/mol. The van der Waals surface area contributed by atoms with E-state index >= 15 is 0 Å². The zero-order valence-electron chi connectivity index (χ0n) is 11.1. The first-order valence-corrected chi connectivity index (χ1v) is 6.13. The van der Waals surface area contributed by atoms with Crippen molar-refractivity contribution in [1.29, 1.82) is 0 Å². The zero-order chi connectivity index (χ0) is 13.3. The number of nitrogens with zero attached hydrogens (tertiary/aromatic N) is 1. The van der Waals surface area contributed by atoms with Gasteiger partial charge < -0.3 is 0 Å². The van der Waals surface area contributed by atoms with Gasteiger partial charge in [-0.05, 0) is 29.6 Å². The molecule has 2 aromatic rings. The van der Waals surface area contributed by atoms with Gasteiger partial charge in [-0.3, -0.25) is 4.98 Å². The van der Waals surface area contributed by atoms with Crippen LogP contribution in [0.15, 0.2) is 30.3 Å². The molecule has 0 unspecified atom stereocenters. The van der Waals surface area contributed by atoms with Crippen LogP contribution in [0.5, 0.6) is 0 Å². The lowest BCUT2D eigenvalue weighted by molar-refractivity contribution is 0.860. The summed E-state index contributed by atoms with van der Waals surface area (Å²) in [5.41, 5.74) is 5.16. The van der Waals surface area contributed by atoms with Crippen LogP contribution >= 0.6 is 0 Å². The number of benzene rings is 1. The maximum Gasteiger partial charge on any atom is 0.142 e. The van der Waals surface area contributed by atoms with Crippen LogP contribution < -0.4 is 11.1 Å². The first-order valence-electron chi connectivity index (χ1n) is 6.13. The van der Waals surface area contributed by atoms with Crippen LogP contribution in [0.1, 0.15) is 30.9 Å². The molecule has 86 valence electrons. The molecule has 0 amide bonds. The molecule has 0 fully saturated rings. The summed E-state index contributed by atoms with van der Waals surface area (Å²) < 4.78 is 0. The second kappa shape index (κ2) is 5.01. The van der Waals surface area contributed by atoms with Crippen molar-refractivity contribution in [3.63, 3.8) is 0 Å². The number of aromatic nitrogens is 1. The van der Waals surface area contributed by atoms with Crippen molar-refractivity contribution in [2.45, 2.75) is 26.7 Å². The van der Waals surface area contributed by atoms with E-state index in [9.17, 15) is 0 Å². The van der Waals surface area contributed by atoms with Crippen molar-refractivity contribution in [3.8, 4) is 11.3 Å². The van der Waals surface area contributed by atoms with Crippen LogP contribution in [0.4, 0.5) is 0 Å². The highest BCUT2D eigenvalue weighted by atomic mass is 14.7. The molecule has 4 radical (unpaired) electrons. The number of pyridine rings is 1. The molecule has 1 heterocycles.